The summed E-state index contributed by atoms with van der Waals surface area (Å²) in [6.07, 6.45) is -4.45. The van der Waals surface area contributed by atoms with Crippen molar-refractivity contribution in [1.29, 1.82) is 0 Å². The molecule has 0 aliphatic heterocycles. The van der Waals surface area contributed by atoms with Crippen molar-refractivity contribution in [2.45, 2.75) is 31.9 Å². The Balaban J connectivity index is 2.43. The van der Waals surface area contributed by atoms with Crippen molar-refractivity contribution in [1.82, 2.24) is 4.90 Å². The predicted octanol–water partition coefficient (Wildman–Crippen LogP) is 1.65. The van der Waals surface area contributed by atoms with Gasteiger partial charge in [0.25, 0.3) is 0 Å². The van der Waals surface area contributed by atoms with Crippen LogP contribution in [0.25, 0.3) is 0 Å². The van der Waals surface area contributed by atoms with Gasteiger partial charge in [0, 0.05) is 13.0 Å². The molecule has 0 aromatic rings. The summed E-state index contributed by atoms with van der Waals surface area (Å²) in [5, 5.41) is 8.58. The molecule has 0 aromatic heterocycles. The highest BCUT2D eigenvalue weighted by atomic mass is 19.4. The number of nitrogens with zero attached hydrogens (tertiary/aromatic N) is 1. The predicted molar refractivity (Wildman–Crippen MR) is 52.2 cm³/mol. The number of halogens is 3. The van der Waals surface area contributed by atoms with Crippen molar-refractivity contribution in [3.05, 3.63) is 0 Å². The Hall–Kier alpha value is -1.27. The SMILES string of the molecule is O=C(O)CN(CC1CC1)C(=O)CCC(F)(F)F. The topological polar surface area (TPSA) is 57.6 Å². The second-order valence-corrected chi connectivity index (χ2v) is 4.23. The average Bonchev–Trinajstić information content (AvgIpc) is 2.95. The number of aliphatic carboxylic acids is 1. The molecule has 1 fully saturated rings. The van der Waals surface area contributed by atoms with Crippen LogP contribution in [0.3, 0.4) is 0 Å². The largest absolute Gasteiger partial charge is 0.480 e. The van der Waals surface area contributed by atoms with Gasteiger partial charge in [-0.2, -0.15) is 13.2 Å². The maximum Gasteiger partial charge on any atom is 0.389 e. The Morgan fingerprint density at radius 1 is 1.29 bits per heavy atom. The fourth-order valence-corrected chi connectivity index (χ4v) is 1.44. The van der Waals surface area contributed by atoms with Crippen LogP contribution in [0.1, 0.15) is 25.7 Å². The number of amides is 1. The molecule has 7 heteroatoms. The van der Waals surface area contributed by atoms with Gasteiger partial charge in [0.15, 0.2) is 0 Å². The quantitative estimate of drug-likeness (QED) is 0.783. The third-order valence-corrected chi connectivity index (χ3v) is 2.48. The zero-order valence-corrected chi connectivity index (χ0v) is 9.16. The lowest BCUT2D eigenvalue weighted by molar-refractivity contribution is -0.152. The number of alkyl halides is 3. The third kappa shape index (κ3) is 6.13. The lowest BCUT2D eigenvalue weighted by Gasteiger charge is -2.20. The summed E-state index contributed by atoms with van der Waals surface area (Å²) in [6, 6.07) is 0. The van der Waals surface area contributed by atoms with Crippen LogP contribution in [-0.4, -0.2) is 41.1 Å². The van der Waals surface area contributed by atoms with Crippen molar-refractivity contribution in [2.24, 2.45) is 5.92 Å². The van der Waals surface area contributed by atoms with Crippen LogP contribution in [0.5, 0.6) is 0 Å². The number of rotatable bonds is 6. The van der Waals surface area contributed by atoms with Crippen LogP contribution in [0.4, 0.5) is 13.2 Å². The van der Waals surface area contributed by atoms with Crippen molar-refractivity contribution in [2.75, 3.05) is 13.1 Å². The summed E-state index contributed by atoms with van der Waals surface area (Å²) in [6.45, 7) is -0.268. The van der Waals surface area contributed by atoms with E-state index in [1.165, 1.54) is 0 Å². The number of carboxylic acid groups (broad SMARTS) is 1. The highest BCUT2D eigenvalue weighted by Crippen LogP contribution is 2.30. The molecule has 1 aliphatic carbocycles. The minimum absolute atomic E-state index is 0.253. The molecular weight excluding hydrogens is 239 g/mol. The molecule has 4 nitrogen and oxygen atoms in total. The van der Waals surface area contributed by atoms with Gasteiger partial charge in [0.1, 0.15) is 6.54 Å². The minimum Gasteiger partial charge on any atom is -0.480 e. The summed E-state index contributed by atoms with van der Waals surface area (Å²) in [4.78, 5) is 23.0. The van der Waals surface area contributed by atoms with Gasteiger partial charge in [-0.1, -0.05) is 0 Å². The van der Waals surface area contributed by atoms with Gasteiger partial charge in [0.2, 0.25) is 5.91 Å². The van der Waals surface area contributed by atoms with E-state index in [0.717, 1.165) is 17.7 Å². The Kier molecular flexibility index (Phi) is 4.36. The zero-order valence-electron chi connectivity index (χ0n) is 9.16. The lowest BCUT2D eigenvalue weighted by Crippen LogP contribution is -2.37. The third-order valence-electron chi connectivity index (χ3n) is 2.48. The standard InChI is InChI=1S/C10H14F3NO3/c11-10(12,13)4-3-8(15)14(6-9(16)17)5-7-1-2-7/h7H,1-6H2,(H,16,17). The normalized spacial score (nSPS) is 15.7. The molecular formula is C10H14F3NO3. The maximum atomic E-state index is 11.9. The smallest absolute Gasteiger partial charge is 0.389 e. The van der Waals surface area contributed by atoms with Gasteiger partial charge in [0.05, 0.1) is 6.42 Å². The molecule has 0 bridgehead atoms. The fourth-order valence-electron chi connectivity index (χ4n) is 1.44. The number of hydrogen-bond donors (Lipinski definition) is 1. The van der Waals surface area contributed by atoms with Crippen molar-refractivity contribution in [3.8, 4) is 0 Å². The van der Waals surface area contributed by atoms with E-state index in [4.69, 9.17) is 5.11 Å². The Morgan fingerprint density at radius 3 is 2.29 bits per heavy atom. The number of carboxylic acids is 1. The molecule has 17 heavy (non-hydrogen) atoms. The first-order valence-corrected chi connectivity index (χ1v) is 5.34. The van der Waals surface area contributed by atoms with E-state index in [1.807, 2.05) is 0 Å². The molecule has 1 aliphatic rings. The van der Waals surface area contributed by atoms with Crippen molar-refractivity contribution < 1.29 is 27.9 Å². The monoisotopic (exact) mass is 253 g/mol. The molecule has 1 rings (SSSR count). The second kappa shape index (κ2) is 5.37. The molecule has 1 amide bonds. The summed E-state index contributed by atoms with van der Waals surface area (Å²) >= 11 is 0. The lowest BCUT2D eigenvalue weighted by atomic mass is 10.2. The van der Waals surface area contributed by atoms with Crippen molar-refractivity contribution >= 4 is 11.9 Å². The summed E-state index contributed by atoms with van der Waals surface area (Å²) < 4.78 is 35.8. The Labute approximate surface area is 96.4 Å². The van der Waals surface area contributed by atoms with Crippen LogP contribution in [0, 0.1) is 5.92 Å². The maximum absolute atomic E-state index is 11.9. The van der Waals surface area contributed by atoms with Gasteiger partial charge in [-0.15, -0.1) is 0 Å². The molecule has 0 saturated heterocycles. The van der Waals surface area contributed by atoms with Crippen LogP contribution >= 0.6 is 0 Å². The van der Waals surface area contributed by atoms with E-state index in [0.29, 0.717) is 0 Å². The highest BCUT2D eigenvalue weighted by molar-refractivity contribution is 5.81. The van der Waals surface area contributed by atoms with E-state index < -0.39 is 37.4 Å². The first kappa shape index (κ1) is 13.8. The fraction of sp³-hybridized carbons (Fsp3) is 0.800. The molecule has 98 valence electrons. The van der Waals surface area contributed by atoms with Crippen LogP contribution in [-0.2, 0) is 9.59 Å². The van der Waals surface area contributed by atoms with Gasteiger partial charge in [-0.3, -0.25) is 9.59 Å². The second-order valence-electron chi connectivity index (χ2n) is 4.23. The zero-order chi connectivity index (χ0) is 13.1. The number of carbonyl (C=O) groups excluding carboxylic acids is 1. The molecule has 0 aromatic carbocycles. The highest BCUT2D eigenvalue weighted by Gasteiger charge is 2.31. The molecule has 0 unspecified atom stereocenters. The van der Waals surface area contributed by atoms with E-state index >= 15 is 0 Å². The van der Waals surface area contributed by atoms with Gasteiger partial charge < -0.3 is 10.0 Å². The molecule has 1 saturated carbocycles. The summed E-state index contributed by atoms with van der Waals surface area (Å²) in [7, 11) is 0. The summed E-state index contributed by atoms with van der Waals surface area (Å²) in [5.74, 6) is -1.69. The minimum atomic E-state index is -4.38. The molecule has 0 spiro atoms. The van der Waals surface area contributed by atoms with Gasteiger partial charge in [-0.25, -0.2) is 0 Å². The molecule has 1 N–H and O–H groups in total. The summed E-state index contributed by atoms with van der Waals surface area (Å²) in [5.41, 5.74) is 0. The van der Waals surface area contributed by atoms with E-state index in [1.54, 1.807) is 0 Å². The van der Waals surface area contributed by atoms with E-state index in [-0.39, 0.29) is 12.5 Å². The number of hydrogen-bond acceptors (Lipinski definition) is 2. The Morgan fingerprint density at radius 2 is 1.88 bits per heavy atom. The van der Waals surface area contributed by atoms with Crippen LogP contribution < -0.4 is 0 Å². The molecule has 0 atom stereocenters. The van der Waals surface area contributed by atoms with Gasteiger partial charge in [-0.05, 0) is 18.8 Å². The average molecular weight is 253 g/mol. The first-order valence-electron chi connectivity index (χ1n) is 5.34. The first-order chi connectivity index (χ1) is 7.78. The van der Waals surface area contributed by atoms with Gasteiger partial charge >= 0.3 is 12.1 Å². The van der Waals surface area contributed by atoms with E-state index in [9.17, 15) is 22.8 Å². The van der Waals surface area contributed by atoms with Crippen molar-refractivity contribution in [3.63, 3.8) is 0 Å². The Bertz CT molecular complexity index is 300. The van der Waals surface area contributed by atoms with Crippen LogP contribution in [0.2, 0.25) is 0 Å². The number of carbonyl (C=O) groups is 2. The van der Waals surface area contributed by atoms with Crippen LogP contribution in [0.15, 0.2) is 0 Å². The molecule has 0 radical (unpaired) electrons. The molecule has 0 heterocycles. The van der Waals surface area contributed by atoms with E-state index in [2.05, 4.69) is 0 Å².